The summed E-state index contributed by atoms with van der Waals surface area (Å²) in [5, 5.41) is 0. The highest BCUT2D eigenvalue weighted by atomic mass is 32.2. The number of ether oxygens (including phenoxy) is 1. The number of carbonyl (C=O) groups is 1. The number of esters is 1. The van der Waals surface area contributed by atoms with E-state index in [2.05, 4.69) is 9.72 Å². The van der Waals surface area contributed by atoms with Gasteiger partial charge in [0.1, 0.15) is 5.82 Å². The number of hydrogen-bond donors (Lipinski definition) is 0. The van der Waals surface area contributed by atoms with Gasteiger partial charge >= 0.3 is 5.97 Å². The number of carbonyl (C=O) groups excluding carboxylic acids is 1. The summed E-state index contributed by atoms with van der Waals surface area (Å²) in [6.45, 7) is 1.44. The van der Waals surface area contributed by atoms with Gasteiger partial charge in [-0.05, 0) is 12.1 Å². The molecule has 0 atom stereocenters. The molecule has 2 aliphatic heterocycles. The number of methoxy groups -OCH3 is 1. The minimum absolute atomic E-state index is 0.0540. The van der Waals surface area contributed by atoms with Gasteiger partial charge in [-0.25, -0.2) is 18.2 Å². The van der Waals surface area contributed by atoms with Crippen molar-refractivity contribution in [2.45, 2.75) is 0 Å². The predicted octanol–water partition coefficient (Wildman–Crippen LogP) is 0.103. The zero-order valence-electron chi connectivity index (χ0n) is 10.5. The number of hydrogen-bond acceptors (Lipinski definition) is 6. The highest BCUT2D eigenvalue weighted by molar-refractivity contribution is 7.92. The van der Waals surface area contributed by atoms with E-state index in [-0.39, 0.29) is 16.9 Å². The van der Waals surface area contributed by atoms with E-state index in [1.165, 1.54) is 13.3 Å². The minimum atomic E-state index is -2.79. The molecular weight excluding hydrogens is 268 g/mol. The molecule has 0 unspecified atom stereocenters. The Bertz CT molecular complexity index is 604. The molecule has 0 saturated carbocycles. The first-order valence-electron chi connectivity index (χ1n) is 5.93. The molecule has 1 aromatic heterocycles. The van der Waals surface area contributed by atoms with Crippen LogP contribution in [0.4, 0.5) is 5.82 Å². The van der Waals surface area contributed by atoms with Gasteiger partial charge in [-0.15, -0.1) is 0 Å². The smallest absolute Gasteiger partial charge is 0.339 e. The van der Waals surface area contributed by atoms with Gasteiger partial charge in [-0.1, -0.05) is 0 Å². The molecule has 1 aromatic rings. The minimum Gasteiger partial charge on any atom is -0.465 e. The Hall–Kier alpha value is -1.63. The van der Waals surface area contributed by atoms with Crippen LogP contribution >= 0.6 is 0 Å². The van der Waals surface area contributed by atoms with Gasteiger partial charge in [0.05, 0.1) is 24.2 Å². The van der Waals surface area contributed by atoms with Gasteiger partial charge in [0, 0.05) is 24.7 Å². The summed E-state index contributed by atoms with van der Waals surface area (Å²) >= 11 is 0. The molecule has 0 radical (unpaired) electrons. The summed E-state index contributed by atoms with van der Waals surface area (Å²) in [5.41, 5.74) is 0.356. The van der Waals surface area contributed by atoms with Crippen molar-refractivity contribution in [2.75, 3.05) is 36.6 Å². The molecule has 102 valence electrons. The lowest BCUT2D eigenvalue weighted by Crippen LogP contribution is -2.68. The van der Waals surface area contributed by atoms with Crippen molar-refractivity contribution in [3.8, 4) is 0 Å². The molecule has 2 saturated heterocycles. The molecule has 2 fully saturated rings. The van der Waals surface area contributed by atoms with Crippen LogP contribution in [0.3, 0.4) is 0 Å². The van der Waals surface area contributed by atoms with Crippen LogP contribution in [0.5, 0.6) is 0 Å². The summed E-state index contributed by atoms with van der Waals surface area (Å²) in [6.07, 6.45) is 1.48. The van der Waals surface area contributed by atoms with Crippen molar-refractivity contribution in [1.29, 1.82) is 0 Å². The van der Waals surface area contributed by atoms with Crippen LogP contribution in [-0.4, -0.2) is 51.1 Å². The molecule has 6 nitrogen and oxygen atoms in total. The van der Waals surface area contributed by atoms with Crippen LogP contribution in [0.1, 0.15) is 10.4 Å². The molecule has 19 heavy (non-hydrogen) atoms. The summed E-state index contributed by atoms with van der Waals surface area (Å²) in [4.78, 5) is 17.5. The van der Waals surface area contributed by atoms with Crippen molar-refractivity contribution in [1.82, 2.24) is 4.98 Å². The van der Waals surface area contributed by atoms with Crippen molar-refractivity contribution in [2.24, 2.45) is 5.41 Å². The Kier molecular flexibility index (Phi) is 2.57. The SMILES string of the molecule is COC(=O)c1ccc(N2CC3(C2)CS(=O)(=O)C3)nc1. The van der Waals surface area contributed by atoms with E-state index in [4.69, 9.17) is 0 Å². The first-order valence-corrected chi connectivity index (χ1v) is 7.75. The van der Waals surface area contributed by atoms with Gasteiger partial charge in [-0.3, -0.25) is 0 Å². The number of nitrogens with zero attached hydrogens (tertiary/aromatic N) is 2. The second-order valence-electron chi connectivity index (χ2n) is 5.28. The fourth-order valence-electron chi connectivity index (χ4n) is 2.81. The van der Waals surface area contributed by atoms with E-state index in [1.807, 2.05) is 4.90 Å². The lowest BCUT2D eigenvalue weighted by molar-refractivity contribution is 0.0600. The Labute approximate surface area is 111 Å². The molecule has 3 heterocycles. The van der Waals surface area contributed by atoms with Crippen LogP contribution in [0, 0.1) is 5.41 Å². The average Bonchev–Trinajstić information content (AvgIpc) is 2.32. The maximum atomic E-state index is 11.3. The second-order valence-corrected chi connectivity index (χ2v) is 7.35. The molecule has 0 amide bonds. The standard InChI is InChI=1S/C12H14N2O4S/c1-18-11(15)9-2-3-10(13-4-9)14-5-12(6-14)7-19(16,17)8-12/h2-4H,5-8H2,1H3. The summed E-state index contributed by atoms with van der Waals surface area (Å²) in [5.74, 6) is 0.930. The van der Waals surface area contributed by atoms with Crippen molar-refractivity contribution in [3.05, 3.63) is 23.9 Å². The van der Waals surface area contributed by atoms with E-state index in [9.17, 15) is 13.2 Å². The lowest BCUT2D eigenvalue weighted by atomic mass is 9.83. The molecule has 0 N–H and O–H groups in total. The van der Waals surface area contributed by atoms with Gasteiger partial charge in [-0.2, -0.15) is 0 Å². The molecule has 0 bridgehead atoms. The van der Waals surface area contributed by atoms with E-state index in [1.54, 1.807) is 12.1 Å². The van der Waals surface area contributed by atoms with Crippen LogP contribution in [0.15, 0.2) is 18.3 Å². The molecular formula is C12H14N2O4S. The molecule has 2 aliphatic rings. The maximum absolute atomic E-state index is 11.3. The van der Waals surface area contributed by atoms with Crippen LogP contribution in [0.2, 0.25) is 0 Å². The molecule has 0 aromatic carbocycles. The zero-order chi connectivity index (χ0) is 13.7. The van der Waals surface area contributed by atoms with Gasteiger partial charge in [0.15, 0.2) is 9.84 Å². The lowest BCUT2D eigenvalue weighted by Gasteiger charge is -2.55. The number of aromatic nitrogens is 1. The fourth-order valence-corrected chi connectivity index (χ4v) is 4.96. The highest BCUT2D eigenvalue weighted by Gasteiger charge is 2.56. The maximum Gasteiger partial charge on any atom is 0.339 e. The van der Waals surface area contributed by atoms with Crippen LogP contribution < -0.4 is 4.90 Å². The molecule has 3 rings (SSSR count). The highest BCUT2D eigenvalue weighted by Crippen LogP contribution is 2.42. The third-order valence-electron chi connectivity index (χ3n) is 3.60. The third-order valence-corrected chi connectivity index (χ3v) is 5.70. The molecule has 7 heteroatoms. The van der Waals surface area contributed by atoms with Crippen LogP contribution in [-0.2, 0) is 14.6 Å². The molecule has 1 spiro atoms. The number of sulfone groups is 1. The number of rotatable bonds is 2. The zero-order valence-corrected chi connectivity index (χ0v) is 11.3. The normalized spacial score (nSPS) is 22.5. The van der Waals surface area contributed by atoms with Gasteiger partial charge in [0.25, 0.3) is 0 Å². The first kappa shape index (κ1) is 12.4. The Morgan fingerprint density at radius 3 is 2.53 bits per heavy atom. The van der Waals surface area contributed by atoms with E-state index in [0.29, 0.717) is 5.56 Å². The number of pyridine rings is 1. The van der Waals surface area contributed by atoms with Gasteiger partial charge in [0.2, 0.25) is 0 Å². The Morgan fingerprint density at radius 2 is 2.05 bits per heavy atom. The monoisotopic (exact) mass is 282 g/mol. The van der Waals surface area contributed by atoms with Crippen LogP contribution in [0.25, 0.3) is 0 Å². The predicted molar refractivity (Wildman–Crippen MR) is 68.9 cm³/mol. The topological polar surface area (TPSA) is 76.6 Å². The third kappa shape index (κ3) is 2.07. The Morgan fingerprint density at radius 1 is 1.37 bits per heavy atom. The largest absolute Gasteiger partial charge is 0.465 e. The van der Waals surface area contributed by atoms with Crippen molar-refractivity contribution < 1.29 is 17.9 Å². The van der Waals surface area contributed by atoms with Crippen molar-refractivity contribution >= 4 is 21.6 Å². The summed E-state index contributed by atoms with van der Waals surface area (Å²) < 4.78 is 27.0. The summed E-state index contributed by atoms with van der Waals surface area (Å²) in [6, 6.07) is 3.42. The molecule has 0 aliphatic carbocycles. The fraction of sp³-hybridized carbons (Fsp3) is 0.500. The van der Waals surface area contributed by atoms with E-state index in [0.717, 1.165) is 18.9 Å². The van der Waals surface area contributed by atoms with Crippen molar-refractivity contribution in [3.63, 3.8) is 0 Å². The van der Waals surface area contributed by atoms with Gasteiger partial charge < -0.3 is 9.64 Å². The second kappa shape index (κ2) is 3.93. The Balaban J connectivity index is 1.65. The summed E-state index contributed by atoms with van der Waals surface area (Å²) in [7, 11) is -1.46. The van der Waals surface area contributed by atoms with E-state index >= 15 is 0 Å². The quantitative estimate of drug-likeness (QED) is 0.716. The first-order chi connectivity index (χ1) is 8.93. The number of anilines is 1. The van der Waals surface area contributed by atoms with E-state index < -0.39 is 15.8 Å². The average molecular weight is 282 g/mol.